The maximum Gasteiger partial charge on any atom is 0.143 e. The van der Waals surface area contributed by atoms with Crippen molar-refractivity contribution in [3.05, 3.63) is 67.6 Å². The summed E-state index contributed by atoms with van der Waals surface area (Å²) in [6.07, 6.45) is -0.833. The zero-order valence-corrected chi connectivity index (χ0v) is 13.8. The first-order chi connectivity index (χ1) is 9.88. The van der Waals surface area contributed by atoms with Gasteiger partial charge in [0.1, 0.15) is 11.6 Å². The van der Waals surface area contributed by atoms with E-state index in [4.69, 9.17) is 23.2 Å². The van der Waals surface area contributed by atoms with Crippen LogP contribution in [0.4, 0.5) is 8.78 Å². The molecule has 112 valence electrons. The van der Waals surface area contributed by atoms with E-state index in [-0.39, 0.29) is 22.9 Å². The molecular formula is C15H11BrCl2F2O. The fraction of sp³-hybridized carbons (Fsp3) is 0.200. The van der Waals surface area contributed by atoms with Gasteiger partial charge in [0.15, 0.2) is 0 Å². The van der Waals surface area contributed by atoms with Crippen molar-refractivity contribution in [2.75, 3.05) is 0 Å². The summed E-state index contributed by atoms with van der Waals surface area (Å²) in [7, 11) is 0. The van der Waals surface area contributed by atoms with Gasteiger partial charge in [-0.3, -0.25) is 0 Å². The molecule has 0 amide bonds. The highest BCUT2D eigenvalue weighted by Crippen LogP contribution is 2.25. The van der Waals surface area contributed by atoms with Gasteiger partial charge in [0.2, 0.25) is 0 Å². The van der Waals surface area contributed by atoms with Crippen LogP contribution in [-0.4, -0.2) is 11.2 Å². The maximum absolute atomic E-state index is 13.8. The van der Waals surface area contributed by atoms with Gasteiger partial charge in [-0.05, 0) is 52.2 Å². The van der Waals surface area contributed by atoms with Crippen LogP contribution in [0.1, 0.15) is 11.1 Å². The average Bonchev–Trinajstić information content (AvgIpc) is 2.43. The summed E-state index contributed by atoms with van der Waals surface area (Å²) >= 11 is 14.7. The molecule has 0 spiro atoms. The summed E-state index contributed by atoms with van der Waals surface area (Å²) in [5.74, 6) is -1.37. The van der Waals surface area contributed by atoms with E-state index in [1.165, 1.54) is 6.07 Å². The Morgan fingerprint density at radius 3 is 2.43 bits per heavy atom. The molecule has 1 N–H and O–H groups in total. The second-order valence-electron chi connectivity index (χ2n) is 4.63. The van der Waals surface area contributed by atoms with E-state index in [9.17, 15) is 13.9 Å². The van der Waals surface area contributed by atoms with Crippen molar-refractivity contribution in [2.45, 2.75) is 18.9 Å². The van der Waals surface area contributed by atoms with Gasteiger partial charge in [-0.2, -0.15) is 0 Å². The second kappa shape index (κ2) is 7.05. The molecule has 0 aliphatic carbocycles. The third-order valence-corrected chi connectivity index (χ3v) is 4.39. The molecule has 6 heteroatoms. The molecule has 0 saturated carbocycles. The Morgan fingerprint density at radius 2 is 1.76 bits per heavy atom. The van der Waals surface area contributed by atoms with Crippen LogP contribution in [-0.2, 0) is 12.8 Å². The molecule has 1 unspecified atom stereocenters. The quantitative estimate of drug-likeness (QED) is 0.707. The van der Waals surface area contributed by atoms with Crippen LogP contribution < -0.4 is 0 Å². The number of hydrogen-bond acceptors (Lipinski definition) is 1. The molecule has 1 atom stereocenters. The third kappa shape index (κ3) is 4.16. The molecule has 2 aromatic carbocycles. The van der Waals surface area contributed by atoms with Crippen molar-refractivity contribution in [1.29, 1.82) is 0 Å². The number of aliphatic hydroxyl groups excluding tert-OH is 1. The van der Waals surface area contributed by atoms with Crippen molar-refractivity contribution in [3.63, 3.8) is 0 Å². The first-order valence-corrected chi connectivity index (χ1v) is 7.67. The lowest BCUT2D eigenvalue weighted by Gasteiger charge is -2.13. The molecule has 0 aliphatic rings. The highest BCUT2D eigenvalue weighted by atomic mass is 79.9. The van der Waals surface area contributed by atoms with E-state index in [1.54, 1.807) is 18.2 Å². The fourth-order valence-corrected chi connectivity index (χ4v) is 2.69. The number of benzene rings is 2. The van der Waals surface area contributed by atoms with Crippen molar-refractivity contribution in [1.82, 2.24) is 0 Å². The Hall–Kier alpha value is -0.680. The monoisotopic (exact) mass is 394 g/mol. The largest absolute Gasteiger partial charge is 0.392 e. The zero-order valence-electron chi connectivity index (χ0n) is 10.7. The summed E-state index contributed by atoms with van der Waals surface area (Å²) in [4.78, 5) is 0. The van der Waals surface area contributed by atoms with E-state index in [2.05, 4.69) is 15.9 Å². The molecular weight excluding hydrogens is 385 g/mol. The van der Waals surface area contributed by atoms with Gasteiger partial charge in [-0.25, -0.2) is 8.78 Å². The predicted molar refractivity (Wildman–Crippen MR) is 83.9 cm³/mol. The lowest BCUT2D eigenvalue weighted by atomic mass is 10.0. The molecule has 0 aliphatic heterocycles. The van der Waals surface area contributed by atoms with E-state index in [0.717, 1.165) is 11.6 Å². The predicted octanol–water partition coefficient (Wildman–Crippen LogP) is 5.18. The molecule has 0 heterocycles. The van der Waals surface area contributed by atoms with Gasteiger partial charge in [-0.1, -0.05) is 29.3 Å². The Kier molecular flexibility index (Phi) is 5.60. The van der Waals surface area contributed by atoms with Crippen LogP contribution >= 0.6 is 39.1 Å². The van der Waals surface area contributed by atoms with Gasteiger partial charge in [0.25, 0.3) is 0 Å². The topological polar surface area (TPSA) is 20.2 Å². The standard InChI is InChI=1S/C15H11BrCl2F2O/c16-11-2-4-14(19)10(15(11)20)7-9(21)5-8-1-3-12(17)13(18)6-8/h1-4,6,9,21H,5,7H2. The SMILES string of the molecule is OC(Cc1ccc(Cl)c(Cl)c1)Cc1c(F)ccc(Br)c1F. The van der Waals surface area contributed by atoms with Crippen LogP contribution in [0.25, 0.3) is 0 Å². The van der Waals surface area contributed by atoms with Gasteiger partial charge < -0.3 is 5.11 Å². The molecule has 0 aromatic heterocycles. The second-order valence-corrected chi connectivity index (χ2v) is 6.30. The minimum atomic E-state index is -0.930. The average molecular weight is 396 g/mol. The number of halogens is 5. The first kappa shape index (κ1) is 16.7. The highest BCUT2D eigenvalue weighted by Gasteiger charge is 2.17. The van der Waals surface area contributed by atoms with Crippen LogP contribution in [0.2, 0.25) is 10.0 Å². The molecule has 21 heavy (non-hydrogen) atoms. The van der Waals surface area contributed by atoms with E-state index in [0.29, 0.717) is 10.0 Å². The fourth-order valence-electron chi connectivity index (χ4n) is 2.00. The Balaban J connectivity index is 2.13. The Bertz CT molecular complexity index is 664. The van der Waals surface area contributed by atoms with Crippen LogP contribution in [0.3, 0.4) is 0 Å². The highest BCUT2D eigenvalue weighted by molar-refractivity contribution is 9.10. The minimum Gasteiger partial charge on any atom is -0.392 e. The van der Waals surface area contributed by atoms with Crippen molar-refractivity contribution in [2.24, 2.45) is 0 Å². The van der Waals surface area contributed by atoms with Crippen LogP contribution in [0, 0.1) is 11.6 Å². The third-order valence-electron chi connectivity index (χ3n) is 3.03. The normalized spacial score (nSPS) is 12.5. The van der Waals surface area contributed by atoms with Gasteiger partial charge in [-0.15, -0.1) is 0 Å². The molecule has 0 fully saturated rings. The van der Waals surface area contributed by atoms with Crippen LogP contribution in [0.15, 0.2) is 34.8 Å². The molecule has 2 aromatic rings. The van der Waals surface area contributed by atoms with E-state index < -0.39 is 17.7 Å². The number of rotatable bonds is 4. The summed E-state index contributed by atoms with van der Waals surface area (Å²) in [6, 6.07) is 7.41. The smallest absolute Gasteiger partial charge is 0.143 e. The van der Waals surface area contributed by atoms with E-state index >= 15 is 0 Å². The lowest BCUT2D eigenvalue weighted by Crippen LogP contribution is -2.16. The summed E-state index contributed by atoms with van der Waals surface area (Å²) in [5, 5.41) is 10.8. The lowest BCUT2D eigenvalue weighted by molar-refractivity contribution is 0.172. The van der Waals surface area contributed by atoms with Crippen molar-refractivity contribution in [3.8, 4) is 0 Å². The molecule has 0 radical (unpaired) electrons. The van der Waals surface area contributed by atoms with Gasteiger partial charge in [0.05, 0.1) is 20.6 Å². The first-order valence-electron chi connectivity index (χ1n) is 6.13. The molecule has 2 rings (SSSR count). The van der Waals surface area contributed by atoms with Gasteiger partial charge in [0, 0.05) is 12.0 Å². The zero-order chi connectivity index (χ0) is 15.6. The minimum absolute atomic E-state index is 0.128. The molecule has 0 saturated heterocycles. The summed E-state index contributed by atoms with van der Waals surface area (Å²) in [5.41, 5.74) is 0.602. The van der Waals surface area contributed by atoms with E-state index in [1.807, 2.05) is 0 Å². The van der Waals surface area contributed by atoms with Gasteiger partial charge >= 0.3 is 0 Å². The Labute approximate surface area is 139 Å². The Morgan fingerprint density at radius 1 is 1.05 bits per heavy atom. The summed E-state index contributed by atoms with van der Waals surface area (Å²) in [6.45, 7) is 0. The van der Waals surface area contributed by atoms with Crippen molar-refractivity contribution < 1.29 is 13.9 Å². The van der Waals surface area contributed by atoms with Crippen molar-refractivity contribution >= 4 is 39.1 Å². The molecule has 1 nitrogen and oxygen atoms in total. The molecule has 0 bridgehead atoms. The number of aliphatic hydroxyl groups is 1. The van der Waals surface area contributed by atoms with Crippen LogP contribution in [0.5, 0.6) is 0 Å². The number of hydrogen-bond donors (Lipinski definition) is 1. The summed E-state index contributed by atoms with van der Waals surface area (Å²) < 4.78 is 27.6. The maximum atomic E-state index is 13.8.